The molecule has 4 unspecified atom stereocenters. The third-order valence-electron chi connectivity index (χ3n) is 8.09. The molecule has 3 aliphatic heterocycles. The van der Waals surface area contributed by atoms with Crippen molar-refractivity contribution in [3.05, 3.63) is 47.7 Å². The van der Waals surface area contributed by atoms with Crippen molar-refractivity contribution in [1.29, 1.82) is 0 Å². The van der Waals surface area contributed by atoms with Crippen LogP contribution in [0.1, 0.15) is 43.1 Å². The first kappa shape index (κ1) is 20.2. The van der Waals surface area contributed by atoms with Gasteiger partial charge in [0.05, 0.1) is 22.3 Å². The fourth-order valence-corrected chi connectivity index (χ4v) is 6.11. The first-order valence-electron chi connectivity index (χ1n) is 12.2. The molecule has 4 atom stereocenters. The number of piperazine rings is 1. The Morgan fingerprint density at radius 3 is 2.94 bits per heavy atom. The van der Waals surface area contributed by atoms with Crippen LogP contribution in [0.4, 0.5) is 0 Å². The molecule has 0 spiro atoms. The molecule has 2 fully saturated rings. The average molecular weight is 457 g/mol. The summed E-state index contributed by atoms with van der Waals surface area (Å²) in [5.74, 6) is 0.875. The van der Waals surface area contributed by atoms with Gasteiger partial charge in [-0.25, -0.2) is 9.97 Å². The number of aromatic nitrogens is 4. The minimum absolute atomic E-state index is 0.0176. The maximum atomic E-state index is 13.5. The highest BCUT2D eigenvalue weighted by Gasteiger charge is 2.51. The minimum atomic E-state index is -1.01. The summed E-state index contributed by atoms with van der Waals surface area (Å²) in [6, 6.07) is 11.0. The van der Waals surface area contributed by atoms with Crippen molar-refractivity contribution in [2.45, 2.75) is 64.0 Å². The van der Waals surface area contributed by atoms with Crippen LogP contribution in [-0.2, 0) is 18.7 Å². The highest BCUT2D eigenvalue weighted by Crippen LogP contribution is 2.41. The monoisotopic (exact) mass is 456 g/mol. The van der Waals surface area contributed by atoms with E-state index >= 15 is 0 Å². The second-order valence-electron chi connectivity index (χ2n) is 10.2. The number of rotatable bonds is 3. The molecular weight excluding hydrogens is 428 g/mol. The summed E-state index contributed by atoms with van der Waals surface area (Å²) in [6.45, 7) is 8.23. The molecule has 7 rings (SSSR count). The number of benzene rings is 1. The van der Waals surface area contributed by atoms with Gasteiger partial charge in [0.25, 0.3) is 5.91 Å². The van der Waals surface area contributed by atoms with Gasteiger partial charge >= 0.3 is 0 Å². The number of imidazole rings is 1. The van der Waals surface area contributed by atoms with E-state index in [0.717, 1.165) is 52.2 Å². The van der Waals surface area contributed by atoms with E-state index in [0.29, 0.717) is 30.6 Å². The van der Waals surface area contributed by atoms with Crippen LogP contribution in [0, 0.1) is 0 Å². The molecule has 0 bridgehead atoms. The van der Waals surface area contributed by atoms with Crippen LogP contribution in [0.5, 0.6) is 0 Å². The number of carbonyl (C=O) groups excluding carboxylic acids is 1. The van der Waals surface area contributed by atoms with E-state index in [-0.39, 0.29) is 11.9 Å². The molecule has 0 aliphatic carbocycles. The van der Waals surface area contributed by atoms with Crippen LogP contribution < -0.4 is 5.32 Å². The third kappa shape index (κ3) is 2.63. The summed E-state index contributed by atoms with van der Waals surface area (Å²) in [4.78, 5) is 25.1. The summed E-state index contributed by atoms with van der Waals surface area (Å²) >= 11 is 0. The molecule has 8 nitrogen and oxygen atoms in total. The summed E-state index contributed by atoms with van der Waals surface area (Å²) in [7, 11) is 0. The standard InChI is InChI=1S/C26H28N6O2/c1-4-30-20(12-15-6-5-8-27-23(15)30)24-29-18-11-16(25(33)32-13-19-21(28-19)14(32)2)10-17-22(18)31(24)9-7-26(17,3)34/h5-6,8,10-12,14,19,21,28,34H,4,7,9,13H2,1-3H3. The SMILES string of the molecule is CCn1c(-c2nc3cc(C(=O)N4CC5NC5C4C)cc4c3n2CCC4(C)O)cc2cccnc21. The Morgan fingerprint density at radius 1 is 1.32 bits per heavy atom. The van der Waals surface area contributed by atoms with E-state index in [1.807, 2.05) is 36.2 Å². The van der Waals surface area contributed by atoms with Gasteiger partial charge in [-0.1, -0.05) is 0 Å². The van der Waals surface area contributed by atoms with Gasteiger partial charge in [0, 0.05) is 60.5 Å². The van der Waals surface area contributed by atoms with Gasteiger partial charge in [-0.3, -0.25) is 4.79 Å². The van der Waals surface area contributed by atoms with Crippen molar-refractivity contribution in [2.24, 2.45) is 0 Å². The molecule has 6 heterocycles. The van der Waals surface area contributed by atoms with E-state index in [2.05, 4.69) is 45.4 Å². The second-order valence-corrected chi connectivity index (χ2v) is 10.2. The third-order valence-corrected chi connectivity index (χ3v) is 8.09. The molecule has 0 radical (unpaired) electrons. The molecular formula is C26H28N6O2. The van der Waals surface area contributed by atoms with Crippen LogP contribution in [0.15, 0.2) is 36.5 Å². The van der Waals surface area contributed by atoms with E-state index in [9.17, 15) is 9.90 Å². The molecule has 34 heavy (non-hydrogen) atoms. The molecule has 174 valence electrons. The Kier molecular flexibility index (Phi) is 3.96. The Hall–Kier alpha value is -3.23. The van der Waals surface area contributed by atoms with Crippen molar-refractivity contribution < 1.29 is 9.90 Å². The topological polar surface area (TPSA) is 98.1 Å². The van der Waals surface area contributed by atoms with Crippen LogP contribution in [0.2, 0.25) is 0 Å². The number of nitrogens with zero attached hydrogens (tertiary/aromatic N) is 5. The first-order chi connectivity index (χ1) is 16.4. The van der Waals surface area contributed by atoms with Crippen molar-refractivity contribution in [3.8, 4) is 11.5 Å². The van der Waals surface area contributed by atoms with Gasteiger partial charge in [0.2, 0.25) is 0 Å². The number of amides is 1. The van der Waals surface area contributed by atoms with E-state index in [1.54, 1.807) is 0 Å². The van der Waals surface area contributed by atoms with Gasteiger partial charge < -0.3 is 24.5 Å². The largest absolute Gasteiger partial charge is 0.385 e. The summed E-state index contributed by atoms with van der Waals surface area (Å²) < 4.78 is 4.39. The van der Waals surface area contributed by atoms with Crippen molar-refractivity contribution in [1.82, 2.24) is 29.3 Å². The molecule has 3 aliphatic rings. The van der Waals surface area contributed by atoms with Gasteiger partial charge in [-0.15, -0.1) is 0 Å². The Labute approximate surface area is 197 Å². The Morgan fingerprint density at radius 2 is 2.18 bits per heavy atom. The highest BCUT2D eigenvalue weighted by molar-refractivity contribution is 6.00. The number of likely N-dealkylation sites (tertiary alicyclic amines) is 1. The maximum absolute atomic E-state index is 13.5. The lowest BCUT2D eigenvalue weighted by Gasteiger charge is -2.31. The van der Waals surface area contributed by atoms with Gasteiger partial charge in [-0.2, -0.15) is 0 Å². The maximum Gasteiger partial charge on any atom is 0.254 e. The number of carbonyl (C=O) groups is 1. The molecule has 1 amide bonds. The zero-order valence-corrected chi connectivity index (χ0v) is 19.6. The molecule has 3 aromatic heterocycles. The lowest BCUT2D eigenvalue weighted by atomic mass is 9.87. The van der Waals surface area contributed by atoms with E-state index < -0.39 is 5.60 Å². The Bertz CT molecular complexity index is 1500. The zero-order chi connectivity index (χ0) is 23.4. The number of aliphatic hydroxyl groups is 1. The Balaban J connectivity index is 1.43. The predicted molar refractivity (Wildman–Crippen MR) is 130 cm³/mol. The normalized spacial score (nSPS) is 27.5. The van der Waals surface area contributed by atoms with E-state index in [4.69, 9.17) is 4.98 Å². The van der Waals surface area contributed by atoms with Crippen LogP contribution in [-0.4, -0.2) is 59.7 Å². The molecule has 2 N–H and O–H groups in total. The molecule has 2 saturated heterocycles. The molecule has 4 aromatic rings. The number of hydrogen-bond acceptors (Lipinski definition) is 5. The molecule has 0 saturated carbocycles. The second kappa shape index (κ2) is 6.67. The minimum Gasteiger partial charge on any atom is -0.385 e. The molecule has 1 aromatic carbocycles. The lowest BCUT2D eigenvalue weighted by Crippen LogP contribution is -2.40. The number of nitrogens with one attached hydrogen (secondary N) is 1. The quantitative estimate of drug-likeness (QED) is 0.462. The van der Waals surface area contributed by atoms with E-state index in [1.165, 1.54) is 0 Å². The summed E-state index contributed by atoms with van der Waals surface area (Å²) in [5.41, 5.74) is 3.99. The van der Waals surface area contributed by atoms with Gasteiger partial charge in [0.1, 0.15) is 5.65 Å². The smallest absolute Gasteiger partial charge is 0.254 e. The first-order valence-corrected chi connectivity index (χ1v) is 12.2. The van der Waals surface area contributed by atoms with Crippen molar-refractivity contribution in [3.63, 3.8) is 0 Å². The average Bonchev–Trinajstić information content (AvgIpc) is 3.20. The van der Waals surface area contributed by atoms with Crippen molar-refractivity contribution >= 4 is 28.0 Å². The van der Waals surface area contributed by atoms with Crippen LogP contribution in [0.25, 0.3) is 33.6 Å². The number of aryl methyl sites for hydroxylation is 2. The summed E-state index contributed by atoms with van der Waals surface area (Å²) in [5, 5.41) is 15.8. The molecule has 8 heteroatoms. The van der Waals surface area contributed by atoms with Gasteiger partial charge in [-0.05, 0) is 57.5 Å². The fraction of sp³-hybridized carbons (Fsp3) is 0.423. The number of pyridine rings is 1. The van der Waals surface area contributed by atoms with Crippen LogP contribution >= 0.6 is 0 Å². The van der Waals surface area contributed by atoms with Gasteiger partial charge in [0.15, 0.2) is 5.82 Å². The lowest BCUT2D eigenvalue weighted by molar-refractivity contribution is 0.0398. The van der Waals surface area contributed by atoms with Crippen LogP contribution in [0.3, 0.4) is 0 Å². The number of fused-ring (bicyclic) bond motifs is 2. The fourth-order valence-electron chi connectivity index (χ4n) is 6.11. The predicted octanol–water partition coefficient (Wildman–Crippen LogP) is 2.87. The zero-order valence-electron chi connectivity index (χ0n) is 19.6. The van der Waals surface area contributed by atoms with Crippen molar-refractivity contribution in [2.75, 3.05) is 6.54 Å². The summed E-state index contributed by atoms with van der Waals surface area (Å²) in [6.07, 6.45) is 2.38. The highest BCUT2D eigenvalue weighted by atomic mass is 16.3. The number of hydrogen-bond donors (Lipinski definition) is 2.